The molecule has 0 amide bonds. The summed E-state index contributed by atoms with van der Waals surface area (Å²) in [6.07, 6.45) is 9.31. The molecule has 1 nitrogen and oxygen atoms in total. The quantitative estimate of drug-likeness (QED) is 0.568. The summed E-state index contributed by atoms with van der Waals surface area (Å²) in [6.45, 7) is 0. The summed E-state index contributed by atoms with van der Waals surface area (Å²) in [7, 11) is 0. The summed E-state index contributed by atoms with van der Waals surface area (Å²) in [6, 6.07) is 0. The molecule has 0 aliphatic heterocycles. The van der Waals surface area contributed by atoms with E-state index in [-0.39, 0.29) is 6.10 Å². The average Bonchev–Trinajstić information content (AvgIpc) is 2.27. The van der Waals surface area contributed by atoms with Gasteiger partial charge >= 0.3 is 0 Å². The van der Waals surface area contributed by atoms with Gasteiger partial charge in [0.25, 0.3) is 0 Å². The highest BCUT2D eigenvalue weighted by Crippen LogP contribution is 2.39. The van der Waals surface area contributed by atoms with E-state index in [9.17, 15) is 5.11 Å². The third-order valence-corrected chi connectivity index (χ3v) is 3.44. The van der Waals surface area contributed by atoms with Gasteiger partial charge in [-0.1, -0.05) is 25.7 Å². The predicted octanol–water partition coefficient (Wildman–Crippen LogP) is 2.34. The van der Waals surface area contributed by atoms with Gasteiger partial charge in [-0.05, 0) is 31.1 Å². The number of aliphatic hydroxyl groups is 1. The van der Waals surface area contributed by atoms with Crippen molar-refractivity contribution in [3.05, 3.63) is 0 Å². The summed E-state index contributed by atoms with van der Waals surface area (Å²) in [5.41, 5.74) is 0. The van der Waals surface area contributed by atoms with E-state index < -0.39 is 0 Å². The summed E-state index contributed by atoms with van der Waals surface area (Å²) >= 11 is 0. The lowest BCUT2D eigenvalue weighted by atomic mass is 9.91. The molecule has 0 spiro atoms. The molecule has 0 aromatic heterocycles. The molecular formula is C10H18O. The molecule has 1 heteroatoms. The van der Waals surface area contributed by atoms with E-state index in [4.69, 9.17) is 0 Å². The van der Waals surface area contributed by atoms with Gasteiger partial charge in [0, 0.05) is 0 Å². The van der Waals surface area contributed by atoms with Crippen molar-refractivity contribution in [3.63, 3.8) is 0 Å². The van der Waals surface area contributed by atoms with Crippen LogP contribution >= 0.6 is 0 Å². The fourth-order valence-corrected chi connectivity index (χ4v) is 2.78. The number of rotatable bonds is 0. The van der Waals surface area contributed by atoms with Crippen LogP contribution in [0.3, 0.4) is 0 Å². The molecule has 2 rings (SSSR count). The Morgan fingerprint density at radius 2 is 1.73 bits per heavy atom. The summed E-state index contributed by atoms with van der Waals surface area (Å²) < 4.78 is 0. The van der Waals surface area contributed by atoms with Gasteiger partial charge in [0.1, 0.15) is 0 Å². The Bertz CT molecular complexity index is 133. The van der Waals surface area contributed by atoms with E-state index in [2.05, 4.69) is 0 Å². The first-order valence-electron chi connectivity index (χ1n) is 5.04. The van der Waals surface area contributed by atoms with Crippen LogP contribution in [-0.2, 0) is 0 Å². The maximum absolute atomic E-state index is 9.65. The van der Waals surface area contributed by atoms with Crippen molar-refractivity contribution >= 4 is 0 Å². The standard InChI is InChI=1S/C10H18O/c11-10-7-8-4-2-1-3-5-9(10)6-8/h8-11H,1-7H2. The summed E-state index contributed by atoms with van der Waals surface area (Å²) in [4.78, 5) is 0. The normalized spacial score (nSPS) is 45.0. The van der Waals surface area contributed by atoms with E-state index in [1.165, 1.54) is 38.5 Å². The van der Waals surface area contributed by atoms with Crippen LogP contribution in [0.2, 0.25) is 0 Å². The first kappa shape index (κ1) is 7.60. The molecule has 2 bridgehead atoms. The number of aliphatic hydroxyl groups excluding tert-OH is 1. The average molecular weight is 154 g/mol. The first-order valence-corrected chi connectivity index (χ1v) is 5.04. The Hall–Kier alpha value is -0.0400. The van der Waals surface area contributed by atoms with Gasteiger partial charge in [-0.3, -0.25) is 0 Å². The minimum absolute atomic E-state index is 0.0538. The predicted molar refractivity (Wildman–Crippen MR) is 45.3 cm³/mol. The molecule has 2 saturated carbocycles. The molecule has 2 aliphatic rings. The van der Waals surface area contributed by atoms with Gasteiger partial charge in [0.05, 0.1) is 6.10 Å². The van der Waals surface area contributed by atoms with Gasteiger partial charge in [-0.25, -0.2) is 0 Å². The lowest BCUT2D eigenvalue weighted by Gasteiger charge is -2.15. The van der Waals surface area contributed by atoms with Crippen LogP contribution in [0.5, 0.6) is 0 Å². The smallest absolute Gasteiger partial charge is 0.0571 e. The van der Waals surface area contributed by atoms with Crippen molar-refractivity contribution in [2.45, 2.75) is 51.0 Å². The van der Waals surface area contributed by atoms with Crippen LogP contribution in [0.1, 0.15) is 44.9 Å². The second-order valence-electron chi connectivity index (χ2n) is 4.30. The fourth-order valence-electron chi connectivity index (χ4n) is 2.78. The Morgan fingerprint density at radius 1 is 0.909 bits per heavy atom. The molecule has 64 valence electrons. The molecule has 0 radical (unpaired) electrons. The van der Waals surface area contributed by atoms with Crippen molar-refractivity contribution in [3.8, 4) is 0 Å². The van der Waals surface area contributed by atoms with Crippen molar-refractivity contribution in [2.75, 3.05) is 0 Å². The van der Waals surface area contributed by atoms with Crippen LogP contribution in [0.15, 0.2) is 0 Å². The largest absolute Gasteiger partial charge is 0.393 e. The molecule has 11 heavy (non-hydrogen) atoms. The Morgan fingerprint density at radius 3 is 2.64 bits per heavy atom. The van der Waals surface area contributed by atoms with Crippen molar-refractivity contribution in [1.29, 1.82) is 0 Å². The van der Waals surface area contributed by atoms with Crippen LogP contribution in [0, 0.1) is 11.8 Å². The van der Waals surface area contributed by atoms with Crippen LogP contribution in [0.4, 0.5) is 0 Å². The Kier molecular flexibility index (Phi) is 2.17. The zero-order chi connectivity index (χ0) is 7.68. The van der Waals surface area contributed by atoms with Crippen molar-refractivity contribution < 1.29 is 5.11 Å². The lowest BCUT2D eigenvalue weighted by Crippen LogP contribution is -2.12. The Labute approximate surface area is 68.8 Å². The molecule has 0 aromatic carbocycles. The van der Waals surface area contributed by atoms with E-state index in [0.717, 1.165) is 12.3 Å². The molecule has 0 aromatic rings. The van der Waals surface area contributed by atoms with Crippen molar-refractivity contribution in [1.82, 2.24) is 0 Å². The van der Waals surface area contributed by atoms with Crippen molar-refractivity contribution in [2.24, 2.45) is 11.8 Å². The summed E-state index contributed by atoms with van der Waals surface area (Å²) in [5, 5.41) is 9.65. The summed E-state index contributed by atoms with van der Waals surface area (Å²) in [5.74, 6) is 1.54. The maximum atomic E-state index is 9.65. The van der Waals surface area contributed by atoms with E-state index in [1.807, 2.05) is 0 Å². The highest BCUT2D eigenvalue weighted by molar-refractivity contribution is 4.84. The minimum Gasteiger partial charge on any atom is -0.393 e. The lowest BCUT2D eigenvalue weighted by molar-refractivity contribution is 0.126. The molecule has 3 atom stereocenters. The van der Waals surface area contributed by atoms with Gasteiger partial charge in [0.2, 0.25) is 0 Å². The molecule has 0 heterocycles. The van der Waals surface area contributed by atoms with Gasteiger partial charge in [-0.15, -0.1) is 0 Å². The fraction of sp³-hybridized carbons (Fsp3) is 1.00. The Balaban J connectivity index is 1.97. The minimum atomic E-state index is 0.0538. The second-order valence-corrected chi connectivity index (χ2v) is 4.30. The number of hydrogen-bond acceptors (Lipinski definition) is 1. The highest BCUT2D eigenvalue weighted by atomic mass is 16.3. The van der Waals surface area contributed by atoms with Gasteiger partial charge < -0.3 is 5.11 Å². The zero-order valence-corrected chi connectivity index (χ0v) is 7.13. The molecule has 1 N–H and O–H groups in total. The third kappa shape index (κ3) is 1.58. The molecule has 0 saturated heterocycles. The van der Waals surface area contributed by atoms with Crippen LogP contribution in [0.25, 0.3) is 0 Å². The molecule has 3 unspecified atom stereocenters. The molecular weight excluding hydrogens is 136 g/mol. The molecule has 2 fully saturated rings. The van der Waals surface area contributed by atoms with Gasteiger partial charge in [0.15, 0.2) is 0 Å². The van der Waals surface area contributed by atoms with E-state index in [0.29, 0.717) is 5.92 Å². The highest BCUT2D eigenvalue weighted by Gasteiger charge is 2.32. The monoisotopic (exact) mass is 154 g/mol. The molecule has 2 aliphatic carbocycles. The van der Waals surface area contributed by atoms with Crippen LogP contribution < -0.4 is 0 Å². The maximum Gasteiger partial charge on any atom is 0.0571 e. The third-order valence-electron chi connectivity index (χ3n) is 3.44. The van der Waals surface area contributed by atoms with Crippen LogP contribution in [-0.4, -0.2) is 11.2 Å². The van der Waals surface area contributed by atoms with E-state index in [1.54, 1.807) is 0 Å². The van der Waals surface area contributed by atoms with Gasteiger partial charge in [-0.2, -0.15) is 0 Å². The SMILES string of the molecule is OC1CC2CCCCCC1C2. The number of fused-ring (bicyclic) bond motifs is 2. The second kappa shape index (κ2) is 3.14. The first-order chi connectivity index (χ1) is 5.36. The topological polar surface area (TPSA) is 20.2 Å². The zero-order valence-electron chi connectivity index (χ0n) is 7.13. The van der Waals surface area contributed by atoms with E-state index >= 15 is 0 Å². The number of hydrogen-bond donors (Lipinski definition) is 1.